The van der Waals surface area contributed by atoms with E-state index in [0.29, 0.717) is 18.7 Å². The molecule has 2 aromatic rings. The second kappa shape index (κ2) is 8.11. The summed E-state index contributed by atoms with van der Waals surface area (Å²) in [6, 6.07) is 15.0. The summed E-state index contributed by atoms with van der Waals surface area (Å²) < 4.78 is 5.19. The Morgan fingerprint density at radius 1 is 0.897 bits per heavy atom. The van der Waals surface area contributed by atoms with Gasteiger partial charge in [0.1, 0.15) is 5.75 Å². The van der Waals surface area contributed by atoms with Gasteiger partial charge in [-0.2, -0.15) is 0 Å². The Morgan fingerprint density at radius 3 is 2.10 bits per heavy atom. The highest BCUT2D eigenvalue weighted by molar-refractivity contribution is 8.00. The van der Waals surface area contributed by atoms with Crippen LogP contribution in [0.2, 0.25) is 0 Å². The molecule has 2 saturated heterocycles. The molecule has 0 aromatic heterocycles. The lowest BCUT2D eigenvalue weighted by atomic mass is 10.00. The minimum Gasteiger partial charge on any atom is -0.497 e. The van der Waals surface area contributed by atoms with Crippen molar-refractivity contribution in [2.75, 3.05) is 32.5 Å². The van der Waals surface area contributed by atoms with E-state index in [-0.39, 0.29) is 16.7 Å². The topological polar surface area (TPSA) is 49.9 Å². The predicted molar refractivity (Wildman–Crippen MR) is 116 cm³/mol. The van der Waals surface area contributed by atoms with Gasteiger partial charge in [0, 0.05) is 36.5 Å². The van der Waals surface area contributed by atoms with Crippen molar-refractivity contribution in [1.29, 1.82) is 0 Å². The summed E-state index contributed by atoms with van der Waals surface area (Å²) in [7, 11) is 1.62. The van der Waals surface area contributed by atoms with Crippen molar-refractivity contribution >= 4 is 23.6 Å². The van der Waals surface area contributed by atoms with Crippen molar-refractivity contribution in [1.82, 2.24) is 9.80 Å². The zero-order valence-electron chi connectivity index (χ0n) is 16.9. The molecule has 0 aliphatic carbocycles. The molecule has 0 atom stereocenters. The van der Waals surface area contributed by atoms with Crippen molar-refractivity contribution in [2.24, 2.45) is 0 Å². The van der Waals surface area contributed by atoms with Gasteiger partial charge in [0.2, 0.25) is 0 Å². The van der Waals surface area contributed by atoms with Crippen LogP contribution in [0.4, 0.5) is 0 Å². The van der Waals surface area contributed by atoms with Crippen molar-refractivity contribution in [2.45, 2.75) is 24.6 Å². The lowest BCUT2D eigenvalue weighted by Gasteiger charge is -2.44. The lowest BCUT2D eigenvalue weighted by molar-refractivity contribution is 0.0498. The fourth-order valence-electron chi connectivity index (χ4n) is 4.14. The van der Waals surface area contributed by atoms with Crippen LogP contribution in [0.25, 0.3) is 0 Å². The van der Waals surface area contributed by atoms with Gasteiger partial charge in [-0.15, -0.1) is 11.8 Å². The molecule has 2 fully saturated rings. The number of piperidine rings is 1. The molecule has 5 nitrogen and oxygen atoms in total. The zero-order chi connectivity index (χ0) is 20.4. The number of carbonyl (C=O) groups is 2. The van der Waals surface area contributed by atoms with E-state index < -0.39 is 0 Å². The summed E-state index contributed by atoms with van der Waals surface area (Å²) >= 11 is 1.86. The molecule has 0 N–H and O–H groups in total. The SMILES string of the molecule is COc1ccc(C(=O)N2CCSC23CCN(C(=O)c2ccc(C)cc2)CC3)cc1. The van der Waals surface area contributed by atoms with Crippen molar-refractivity contribution in [3.63, 3.8) is 0 Å². The Morgan fingerprint density at radius 2 is 1.48 bits per heavy atom. The molecule has 0 radical (unpaired) electrons. The minimum atomic E-state index is -0.207. The number of amides is 2. The Bertz CT molecular complexity index is 887. The van der Waals surface area contributed by atoms with Gasteiger partial charge < -0.3 is 14.5 Å². The zero-order valence-corrected chi connectivity index (χ0v) is 17.7. The molecular weight excluding hydrogens is 384 g/mol. The smallest absolute Gasteiger partial charge is 0.255 e. The van der Waals surface area contributed by atoms with E-state index >= 15 is 0 Å². The first-order valence-electron chi connectivity index (χ1n) is 9.98. The maximum Gasteiger partial charge on any atom is 0.255 e. The number of hydrogen-bond acceptors (Lipinski definition) is 4. The summed E-state index contributed by atoms with van der Waals surface area (Å²) in [5.41, 5.74) is 2.57. The minimum absolute atomic E-state index is 0.0657. The van der Waals surface area contributed by atoms with Gasteiger partial charge in [0.15, 0.2) is 0 Å². The second-order valence-corrected chi connectivity index (χ2v) is 9.10. The predicted octanol–water partition coefficient (Wildman–Crippen LogP) is 3.83. The molecule has 2 aromatic carbocycles. The van der Waals surface area contributed by atoms with E-state index in [1.807, 2.05) is 77.0 Å². The fraction of sp³-hybridized carbons (Fsp3) is 0.391. The number of nitrogens with zero attached hydrogens (tertiary/aromatic N) is 2. The number of methoxy groups -OCH3 is 1. The number of carbonyl (C=O) groups excluding carboxylic acids is 2. The maximum atomic E-state index is 13.2. The van der Waals surface area contributed by atoms with Crippen LogP contribution < -0.4 is 4.74 Å². The summed E-state index contributed by atoms with van der Waals surface area (Å²) in [6.07, 6.45) is 1.61. The molecule has 2 aliphatic heterocycles. The summed E-state index contributed by atoms with van der Waals surface area (Å²) in [4.78, 5) is 29.8. The van der Waals surface area contributed by atoms with Crippen molar-refractivity contribution in [3.8, 4) is 5.75 Å². The molecule has 6 heteroatoms. The third-order valence-corrected chi connectivity index (χ3v) is 7.44. The van der Waals surface area contributed by atoms with Gasteiger partial charge in [-0.3, -0.25) is 9.59 Å². The quantitative estimate of drug-likeness (QED) is 0.772. The van der Waals surface area contributed by atoms with Gasteiger partial charge in [-0.1, -0.05) is 17.7 Å². The highest BCUT2D eigenvalue weighted by Crippen LogP contribution is 2.44. The van der Waals surface area contributed by atoms with E-state index in [1.54, 1.807) is 7.11 Å². The van der Waals surface area contributed by atoms with E-state index in [4.69, 9.17) is 4.74 Å². The average Bonchev–Trinajstić information content (AvgIpc) is 3.16. The molecule has 2 heterocycles. The Labute approximate surface area is 176 Å². The third-order valence-electron chi connectivity index (χ3n) is 5.89. The van der Waals surface area contributed by atoms with Crippen LogP contribution in [-0.4, -0.2) is 59.0 Å². The van der Waals surface area contributed by atoms with Gasteiger partial charge in [0.05, 0.1) is 12.0 Å². The monoisotopic (exact) mass is 410 g/mol. The first kappa shape index (κ1) is 19.8. The fourth-order valence-corrected chi connectivity index (χ4v) is 5.59. The number of rotatable bonds is 3. The summed E-state index contributed by atoms with van der Waals surface area (Å²) in [5.74, 6) is 1.83. The Balaban J connectivity index is 1.45. The van der Waals surface area contributed by atoms with Crippen LogP contribution in [0.1, 0.15) is 39.1 Å². The van der Waals surface area contributed by atoms with Crippen LogP contribution in [-0.2, 0) is 0 Å². The van der Waals surface area contributed by atoms with Gasteiger partial charge in [0.25, 0.3) is 11.8 Å². The maximum absolute atomic E-state index is 13.2. The Hall–Kier alpha value is -2.47. The molecule has 0 unspecified atom stereocenters. The van der Waals surface area contributed by atoms with Crippen molar-refractivity contribution < 1.29 is 14.3 Å². The highest BCUT2D eigenvalue weighted by atomic mass is 32.2. The number of hydrogen-bond donors (Lipinski definition) is 0. The van der Waals surface area contributed by atoms with Crippen LogP contribution in [0, 0.1) is 6.92 Å². The first-order valence-corrected chi connectivity index (χ1v) is 11.0. The number of aryl methyl sites for hydroxylation is 1. The average molecular weight is 411 g/mol. The number of likely N-dealkylation sites (tertiary alicyclic amines) is 1. The first-order chi connectivity index (χ1) is 14.0. The van der Waals surface area contributed by atoms with E-state index in [2.05, 4.69) is 0 Å². The second-order valence-electron chi connectivity index (χ2n) is 7.64. The van der Waals surface area contributed by atoms with Crippen LogP contribution in [0.15, 0.2) is 48.5 Å². The molecule has 0 bridgehead atoms. The van der Waals surface area contributed by atoms with Crippen LogP contribution >= 0.6 is 11.8 Å². The molecule has 4 rings (SSSR count). The third kappa shape index (κ3) is 3.86. The summed E-state index contributed by atoms with van der Waals surface area (Å²) in [6.45, 7) is 4.12. The van der Waals surface area contributed by atoms with Gasteiger partial charge in [-0.25, -0.2) is 0 Å². The van der Waals surface area contributed by atoms with E-state index in [0.717, 1.165) is 42.0 Å². The van der Waals surface area contributed by atoms with Gasteiger partial charge in [-0.05, 0) is 56.2 Å². The van der Waals surface area contributed by atoms with Crippen molar-refractivity contribution in [3.05, 3.63) is 65.2 Å². The molecular formula is C23H26N2O3S. The Kier molecular flexibility index (Phi) is 5.54. The molecule has 1 spiro atoms. The van der Waals surface area contributed by atoms with E-state index in [9.17, 15) is 9.59 Å². The largest absolute Gasteiger partial charge is 0.497 e. The molecule has 2 amide bonds. The molecule has 29 heavy (non-hydrogen) atoms. The van der Waals surface area contributed by atoms with E-state index in [1.165, 1.54) is 0 Å². The lowest BCUT2D eigenvalue weighted by Crippen LogP contribution is -2.53. The van der Waals surface area contributed by atoms with Crippen LogP contribution in [0.3, 0.4) is 0 Å². The summed E-state index contributed by atoms with van der Waals surface area (Å²) in [5, 5.41) is 0. The normalized spacial score (nSPS) is 18.1. The number of benzene rings is 2. The van der Waals surface area contributed by atoms with Crippen LogP contribution in [0.5, 0.6) is 5.75 Å². The standard InChI is InChI=1S/C23H26N2O3S/c1-17-3-5-18(6-4-17)21(26)24-13-11-23(12-14-24)25(15-16-29-23)22(27)19-7-9-20(28-2)10-8-19/h3-10H,11-16H2,1-2H3. The molecule has 152 valence electrons. The molecule has 2 aliphatic rings. The number of thioether (sulfide) groups is 1. The number of ether oxygens (including phenoxy) is 1. The highest BCUT2D eigenvalue weighted by Gasteiger charge is 2.47. The van der Waals surface area contributed by atoms with Gasteiger partial charge >= 0.3 is 0 Å². The molecule has 0 saturated carbocycles.